The maximum absolute atomic E-state index is 13.7. The van der Waals surface area contributed by atoms with E-state index in [1.165, 1.54) is 11.3 Å². The minimum absolute atomic E-state index is 0.0287. The second-order valence-electron chi connectivity index (χ2n) is 8.70. The highest BCUT2D eigenvalue weighted by atomic mass is 32.1. The van der Waals surface area contributed by atoms with Crippen molar-refractivity contribution >= 4 is 33.2 Å². The number of ketones is 1. The molecule has 166 valence electrons. The van der Waals surface area contributed by atoms with E-state index < -0.39 is 5.97 Å². The predicted octanol–water partition coefficient (Wildman–Crippen LogP) is 6.02. The molecule has 2 atom stereocenters. The molecule has 0 radical (unpaired) electrons. The average molecular weight is 459 g/mol. The van der Waals surface area contributed by atoms with E-state index >= 15 is 0 Å². The molecule has 6 heteroatoms. The van der Waals surface area contributed by atoms with Gasteiger partial charge in [-0.25, -0.2) is 0 Å². The molecule has 1 aliphatic rings. The minimum atomic E-state index is -0.770. The Morgan fingerprint density at radius 1 is 0.970 bits per heavy atom. The molecule has 1 saturated carbocycles. The highest BCUT2D eigenvalue weighted by Crippen LogP contribution is 2.48. The number of phenolic OH excluding ortho intramolecular Hbond substituents is 2. The maximum atomic E-state index is 13.7. The van der Waals surface area contributed by atoms with Gasteiger partial charge in [-0.05, 0) is 72.7 Å². The number of rotatable bonds is 5. The molecule has 0 bridgehead atoms. The summed E-state index contributed by atoms with van der Waals surface area (Å²) in [4.78, 5) is 25.4. The van der Waals surface area contributed by atoms with E-state index in [0.29, 0.717) is 16.9 Å². The Balaban J connectivity index is 1.64. The topological polar surface area (TPSA) is 94.8 Å². The monoisotopic (exact) mass is 458 g/mol. The lowest BCUT2D eigenvalue weighted by Gasteiger charge is -2.10. The van der Waals surface area contributed by atoms with Gasteiger partial charge in [0, 0.05) is 15.6 Å². The SMILES string of the molecule is Cc1cc(C)c(C(=O)c2sc3cc(O)ccc3c2-c2ccc(C3CC3C(=O)O)cc2)c(O)c1. The Kier molecular flexibility index (Phi) is 4.98. The summed E-state index contributed by atoms with van der Waals surface area (Å²) in [5.41, 5.74) is 4.40. The summed E-state index contributed by atoms with van der Waals surface area (Å²) in [6.45, 7) is 3.67. The van der Waals surface area contributed by atoms with Crippen LogP contribution in [0.4, 0.5) is 0 Å². The molecule has 1 aromatic heterocycles. The lowest BCUT2D eigenvalue weighted by molar-refractivity contribution is -0.138. The number of hydrogen-bond acceptors (Lipinski definition) is 5. The first-order valence-corrected chi connectivity index (χ1v) is 11.5. The highest BCUT2D eigenvalue weighted by molar-refractivity contribution is 7.21. The summed E-state index contributed by atoms with van der Waals surface area (Å²) in [6, 6.07) is 16.2. The van der Waals surface area contributed by atoms with E-state index in [1.54, 1.807) is 24.3 Å². The number of fused-ring (bicyclic) bond motifs is 1. The number of aryl methyl sites for hydroxylation is 2. The van der Waals surface area contributed by atoms with Gasteiger partial charge in [0.2, 0.25) is 5.78 Å². The first kappa shape index (κ1) is 21.2. The van der Waals surface area contributed by atoms with Crippen molar-refractivity contribution in [1.29, 1.82) is 0 Å². The van der Waals surface area contributed by atoms with Crippen LogP contribution in [0.1, 0.15) is 44.3 Å². The molecule has 1 aliphatic carbocycles. The van der Waals surface area contributed by atoms with E-state index in [9.17, 15) is 24.9 Å². The lowest BCUT2D eigenvalue weighted by atomic mass is 9.94. The summed E-state index contributed by atoms with van der Waals surface area (Å²) >= 11 is 1.29. The molecule has 5 rings (SSSR count). The van der Waals surface area contributed by atoms with Crippen LogP contribution in [0, 0.1) is 19.8 Å². The van der Waals surface area contributed by atoms with E-state index in [0.717, 1.165) is 32.3 Å². The molecule has 0 spiro atoms. The molecule has 0 aliphatic heterocycles. The van der Waals surface area contributed by atoms with Crippen LogP contribution in [0.5, 0.6) is 11.5 Å². The number of thiophene rings is 1. The van der Waals surface area contributed by atoms with Crippen molar-refractivity contribution in [2.75, 3.05) is 0 Å². The Morgan fingerprint density at radius 2 is 1.70 bits per heavy atom. The maximum Gasteiger partial charge on any atom is 0.307 e. The van der Waals surface area contributed by atoms with E-state index in [2.05, 4.69) is 0 Å². The number of benzene rings is 3. The van der Waals surface area contributed by atoms with Crippen LogP contribution in [0.25, 0.3) is 21.2 Å². The van der Waals surface area contributed by atoms with Crippen LogP contribution in [0.2, 0.25) is 0 Å². The third-order valence-electron chi connectivity index (χ3n) is 6.30. The summed E-state index contributed by atoms with van der Waals surface area (Å²) in [5, 5.41) is 30.6. The number of aliphatic carboxylic acids is 1. The molecule has 33 heavy (non-hydrogen) atoms. The second kappa shape index (κ2) is 7.74. The smallest absolute Gasteiger partial charge is 0.307 e. The van der Waals surface area contributed by atoms with Gasteiger partial charge in [0.15, 0.2) is 0 Å². The predicted molar refractivity (Wildman–Crippen MR) is 128 cm³/mol. The molecule has 1 fully saturated rings. The molecular formula is C27H22O5S. The molecule has 4 aromatic rings. The first-order chi connectivity index (χ1) is 15.7. The fourth-order valence-corrected chi connectivity index (χ4v) is 5.82. The quantitative estimate of drug-likeness (QED) is 0.318. The molecule has 3 N–H and O–H groups in total. The minimum Gasteiger partial charge on any atom is -0.508 e. The zero-order chi connectivity index (χ0) is 23.4. The summed E-state index contributed by atoms with van der Waals surface area (Å²) in [5.74, 6) is -1.27. The van der Waals surface area contributed by atoms with Gasteiger partial charge in [-0.1, -0.05) is 30.3 Å². The largest absolute Gasteiger partial charge is 0.508 e. The average Bonchev–Trinajstić information content (AvgIpc) is 3.47. The summed E-state index contributed by atoms with van der Waals surface area (Å²) in [6.07, 6.45) is 0.644. The Hall–Kier alpha value is -3.64. The van der Waals surface area contributed by atoms with Gasteiger partial charge in [0.1, 0.15) is 11.5 Å². The van der Waals surface area contributed by atoms with Gasteiger partial charge in [-0.15, -0.1) is 11.3 Å². The summed E-state index contributed by atoms with van der Waals surface area (Å²) in [7, 11) is 0. The molecule has 0 saturated heterocycles. The van der Waals surface area contributed by atoms with Crippen molar-refractivity contribution in [3.8, 4) is 22.6 Å². The molecule has 1 heterocycles. The van der Waals surface area contributed by atoms with E-state index in [1.807, 2.05) is 44.2 Å². The van der Waals surface area contributed by atoms with Crippen LogP contribution in [0.15, 0.2) is 54.6 Å². The molecule has 3 aromatic carbocycles. The van der Waals surface area contributed by atoms with Gasteiger partial charge in [0.05, 0.1) is 16.4 Å². The third kappa shape index (κ3) is 3.66. The number of phenols is 2. The number of aromatic hydroxyl groups is 2. The third-order valence-corrected chi connectivity index (χ3v) is 7.45. The van der Waals surface area contributed by atoms with Gasteiger partial charge in [-0.3, -0.25) is 9.59 Å². The number of hydrogen-bond donors (Lipinski definition) is 3. The Morgan fingerprint density at radius 3 is 2.33 bits per heavy atom. The Bertz CT molecular complexity index is 1410. The first-order valence-electron chi connectivity index (χ1n) is 10.7. The molecule has 2 unspecified atom stereocenters. The van der Waals surface area contributed by atoms with Gasteiger partial charge < -0.3 is 15.3 Å². The van der Waals surface area contributed by atoms with Crippen molar-refractivity contribution in [1.82, 2.24) is 0 Å². The molecule has 5 nitrogen and oxygen atoms in total. The van der Waals surface area contributed by atoms with Crippen molar-refractivity contribution < 1.29 is 24.9 Å². The molecular weight excluding hydrogens is 436 g/mol. The summed E-state index contributed by atoms with van der Waals surface area (Å²) < 4.78 is 0.773. The van der Waals surface area contributed by atoms with Gasteiger partial charge >= 0.3 is 5.97 Å². The van der Waals surface area contributed by atoms with Crippen molar-refractivity contribution in [3.63, 3.8) is 0 Å². The number of carboxylic acid groups (broad SMARTS) is 1. The molecule has 0 amide bonds. The van der Waals surface area contributed by atoms with Crippen LogP contribution >= 0.6 is 11.3 Å². The van der Waals surface area contributed by atoms with Crippen molar-refractivity contribution in [2.24, 2.45) is 5.92 Å². The number of carbonyl (C=O) groups is 2. The standard InChI is InChI=1S/C27H22O5S/c1-13-9-14(2)23(21(29)10-13)25(30)26-24(18-8-7-17(28)11-22(18)33-26)16-5-3-15(4-6-16)19-12-20(19)27(31)32/h3-11,19-20,28-29H,12H2,1-2H3,(H,31,32). The van der Waals surface area contributed by atoms with Gasteiger partial charge in [-0.2, -0.15) is 0 Å². The van der Waals surface area contributed by atoms with Crippen molar-refractivity contribution in [2.45, 2.75) is 26.2 Å². The lowest BCUT2D eigenvalue weighted by Crippen LogP contribution is -2.04. The van der Waals surface area contributed by atoms with E-state index in [-0.39, 0.29) is 34.7 Å². The second-order valence-corrected chi connectivity index (χ2v) is 9.75. The van der Waals surface area contributed by atoms with Crippen LogP contribution in [-0.2, 0) is 4.79 Å². The zero-order valence-electron chi connectivity index (χ0n) is 18.1. The van der Waals surface area contributed by atoms with Crippen molar-refractivity contribution in [3.05, 3.63) is 81.7 Å². The highest BCUT2D eigenvalue weighted by Gasteiger charge is 2.44. The van der Waals surface area contributed by atoms with Crippen LogP contribution < -0.4 is 0 Å². The zero-order valence-corrected chi connectivity index (χ0v) is 18.9. The van der Waals surface area contributed by atoms with E-state index in [4.69, 9.17) is 0 Å². The fraction of sp³-hybridized carbons (Fsp3) is 0.185. The number of carboxylic acids is 1. The van der Waals surface area contributed by atoms with Gasteiger partial charge in [0.25, 0.3) is 0 Å². The Labute approximate surface area is 194 Å². The van der Waals surface area contributed by atoms with Crippen LogP contribution in [0.3, 0.4) is 0 Å². The fourth-order valence-electron chi connectivity index (χ4n) is 4.62. The number of carbonyl (C=O) groups excluding carboxylic acids is 1. The van der Waals surface area contributed by atoms with Crippen LogP contribution in [-0.4, -0.2) is 27.1 Å². The normalized spacial score (nSPS) is 17.3.